The Morgan fingerprint density at radius 1 is 1.24 bits per heavy atom. The van der Waals surface area contributed by atoms with Gasteiger partial charge in [0.25, 0.3) is 0 Å². The molecule has 0 bridgehead atoms. The standard InChI is InChI=1S/C11H11F3N2S/c12-11(13,14)7-1-3-8(4-2-7)16(10(15)17)9-5-6-9/h1-4,9H,5-6H2,(H2,15,17). The van der Waals surface area contributed by atoms with E-state index in [9.17, 15) is 13.2 Å². The second-order valence-corrected chi connectivity index (χ2v) is 4.40. The first kappa shape index (κ1) is 12.2. The van der Waals surface area contributed by atoms with Crippen LogP contribution in [-0.4, -0.2) is 11.2 Å². The smallest absolute Gasteiger partial charge is 0.376 e. The Labute approximate surface area is 102 Å². The number of nitrogens with two attached hydrogens (primary N) is 1. The molecule has 17 heavy (non-hydrogen) atoms. The summed E-state index contributed by atoms with van der Waals surface area (Å²) in [5, 5.41) is 0.201. The summed E-state index contributed by atoms with van der Waals surface area (Å²) in [7, 11) is 0. The largest absolute Gasteiger partial charge is 0.416 e. The van der Waals surface area contributed by atoms with Gasteiger partial charge in [-0.05, 0) is 49.3 Å². The number of benzene rings is 1. The molecule has 6 heteroatoms. The molecular weight excluding hydrogens is 249 g/mol. The first-order valence-electron chi connectivity index (χ1n) is 5.15. The lowest BCUT2D eigenvalue weighted by Gasteiger charge is -2.22. The van der Waals surface area contributed by atoms with Crippen molar-refractivity contribution in [2.24, 2.45) is 5.73 Å². The maximum Gasteiger partial charge on any atom is 0.416 e. The summed E-state index contributed by atoms with van der Waals surface area (Å²) in [4.78, 5) is 1.70. The molecule has 1 aliphatic rings. The van der Waals surface area contributed by atoms with Crippen molar-refractivity contribution < 1.29 is 13.2 Å². The zero-order valence-electron chi connectivity index (χ0n) is 8.87. The van der Waals surface area contributed by atoms with Crippen LogP contribution in [0.15, 0.2) is 24.3 Å². The molecule has 1 aromatic carbocycles. The molecule has 1 saturated carbocycles. The average Bonchev–Trinajstić information content (AvgIpc) is 3.01. The molecule has 2 N–H and O–H groups in total. The molecule has 1 fully saturated rings. The lowest BCUT2D eigenvalue weighted by atomic mass is 10.2. The second-order valence-electron chi connectivity index (χ2n) is 3.98. The summed E-state index contributed by atoms with van der Waals surface area (Å²) in [5.74, 6) is 0. The Morgan fingerprint density at radius 2 is 1.76 bits per heavy atom. The second kappa shape index (κ2) is 4.18. The van der Waals surface area contributed by atoms with E-state index >= 15 is 0 Å². The van der Waals surface area contributed by atoms with Crippen LogP contribution in [0.2, 0.25) is 0 Å². The predicted octanol–water partition coefficient (Wildman–Crippen LogP) is 2.92. The van der Waals surface area contributed by atoms with Gasteiger partial charge < -0.3 is 10.6 Å². The van der Waals surface area contributed by atoms with E-state index in [2.05, 4.69) is 0 Å². The fourth-order valence-electron chi connectivity index (χ4n) is 1.66. The zero-order chi connectivity index (χ0) is 12.6. The molecule has 0 spiro atoms. The minimum absolute atomic E-state index is 0.201. The lowest BCUT2D eigenvalue weighted by molar-refractivity contribution is -0.137. The average molecular weight is 260 g/mol. The molecule has 0 unspecified atom stereocenters. The molecule has 0 aliphatic heterocycles. The van der Waals surface area contributed by atoms with Crippen molar-refractivity contribution in [3.05, 3.63) is 29.8 Å². The number of hydrogen-bond acceptors (Lipinski definition) is 1. The number of anilines is 1. The van der Waals surface area contributed by atoms with E-state index in [1.807, 2.05) is 0 Å². The Morgan fingerprint density at radius 3 is 2.12 bits per heavy atom. The van der Waals surface area contributed by atoms with Crippen molar-refractivity contribution in [3.63, 3.8) is 0 Å². The van der Waals surface area contributed by atoms with Crippen LogP contribution in [0.4, 0.5) is 18.9 Å². The Hall–Kier alpha value is -1.30. The molecule has 2 nitrogen and oxygen atoms in total. The third kappa shape index (κ3) is 2.69. The van der Waals surface area contributed by atoms with E-state index in [1.165, 1.54) is 12.1 Å². The van der Waals surface area contributed by atoms with Gasteiger partial charge in [-0.1, -0.05) is 0 Å². The van der Waals surface area contributed by atoms with Gasteiger partial charge in [-0.3, -0.25) is 0 Å². The lowest BCUT2D eigenvalue weighted by Crippen LogP contribution is -2.37. The minimum Gasteiger partial charge on any atom is -0.376 e. The SMILES string of the molecule is NC(=S)N(c1ccc(C(F)(F)F)cc1)C1CC1. The predicted molar refractivity (Wildman–Crippen MR) is 63.7 cm³/mol. The van der Waals surface area contributed by atoms with Crippen LogP contribution >= 0.6 is 12.2 Å². The highest BCUT2D eigenvalue weighted by molar-refractivity contribution is 7.80. The molecule has 0 radical (unpaired) electrons. The quantitative estimate of drug-likeness (QED) is 0.829. The number of alkyl halides is 3. The summed E-state index contributed by atoms with van der Waals surface area (Å²) in [6.45, 7) is 0. The van der Waals surface area contributed by atoms with E-state index in [0.717, 1.165) is 25.0 Å². The minimum atomic E-state index is -4.31. The van der Waals surface area contributed by atoms with Crippen molar-refractivity contribution in [1.82, 2.24) is 0 Å². The summed E-state index contributed by atoms with van der Waals surface area (Å²) < 4.78 is 37.2. The van der Waals surface area contributed by atoms with E-state index in [4.69, 9.17) is 18.0 Å². The summed E-state index contributed by atoms with van der Waals surface area (Å²) in [5.41, 5.74) is 5.52. The van der Waals surface area contributed by atoms with Gasteiger partial charge in [0.15, 0.2) is 5.11 Å². The molecule has 1 aromatic rings. The highest BCUT2D eigenvalue weighted by Gasteiger charge is 2.33. The van der Waals surface area contributed by atoms with Gasteiger partial charge in [0.1, 0.15) is 0 Å². The van der Waals surface area contributed by atoms with Crippen molar-refractivity contribution in [2.75, 3.05) is 4.90 Å². The fraction of sp³-hybridized carbons (Fsp3) is 0.364. The Bertz CT molecular complexity index is 423. The highest BCUT2D eigenvalue weighted by atomic mass is 32.1. The first-order chi connectivity index (χ1) is 7.89. The van der Waals surface area contributed by atoms with Crippen molar-refractivity contribution in [1.29, 1.82) is 0 Å². The Balaban J connectivity index is 2.24. The van der Waals surface area contributed by atoms with Gasteiger partial charge in [-0.25, -0.2) is 0 Å². The van der Waals surface area contributed by atoms with Gasteiger partial charge >= 0.3 is 6.18 Å². The van der Waals surface area contributed by atoms with Crippen molar-refractivity contribution in [3.8, 4) is 0 Å². The van der Waals surface area contributed by atoms with Gasteiger partial charge in [0, 0.05) is 11.7 Å². The summed E-state index contributed by atoms with van der Waals surface area (Å²) in [6.07, 6.45) is -2.37. The Kier molecular flexibility index (Phi) is 2.99. The molecule has 0 saturated heterocycles. The molecule has 0 aromatic heterocycles. The van der Waals surface area contributed by atoms with Crippen LogP contribution in [0.25, 0.3) is 0 Å². The summed E-state index contributed by atoms with van der Waals surface area (Å²) >= 11 is 4.90. The number of thiocarbonyl (C=S) groups is 1. The maximum absolute atomic E-state index is 12.4. The number of nitrogens with zero attached hydrogens (tertiary/aromatic N) is 1. The molecule has 0 atom stereocenters. The normalized spacial score (nSPS) is 15.7. The van der Waals surface area contributed by atoms with Gasteiger partial charge in [0.2, 0.25) is 0 Å². The molecule has 1 aliphatic carbocycles. The molecule has 0 amide bonds. The van der Waals surface area contributed by atoms with E-state index in [1.54, 1.807) is 4.90 Å². The number of hydrogen-bond donors (Lipinski definition) is 1. The number of halogens is 3. The third-order valence-corrected chi connectivity index (χ3v) is 2.82. The third-order valence-electron chi connectivity index (χ3n) is 2.62. The first-order valence-corrected chi connectivity index (χ1v) is 5.56. The summed E-state index contributed by atoms with van der Waals surface area (Å²) in [6, 6.07) is 5.14. The molecule has 2 rings (SSSR count). The fourth-order valence-corrected chi connectivity index (χ4v) is 1.92. The van der Waals surface area contributed by atoms with Crippen LogP contribution in [0.3, 0.4) is 0 Å². The zero-order valence-corrected chi connectivity index (χ0v) is 9.68. The van der Waals surface area contributed by atoms with Crippen LogP contribution in [-0.2, 0) is 6.18 Å². The van der Waals surface area contributed by atoms with Crippen molar-refractivity contribution in [2.45, 2.75) is 25.1 Å². The van der Waals surface area contributed by atoms with Crippen molar-refractivity contribution >= 4 is 23.0 Å². The topological polar surface area (TPSA) is 29.3 Å². The molecular formula is C11H11F3N2S. The van der Waals surface area contributed by atoms with Gasteiger partial charge in [-0.2, -0.15) is 13.2 Å². The van der Waals surface area contributed by atoms with Crippen LogP contribution in [0.5, 0.6) is 0 Å². The van der Waals surface area contributed by atoms with E-state index < -0.39 is 11.7 Å². The van der Waals surface area contributed by atoms with Gasteiger partial charge in [-0.15, -0.1) is 0 Å². The molecule has 0 heterocycles. The van der Waals surface area contributed by atoms with Gasteiger partial charge in [0.05, 0.1) is 5.56 Å². The van der Waals surface area contributed by atoms with E-state index in [0.29, 0.717) is 5.69 Å². The number of rotatable bonds is 2. The van der Waals surface area contributed by atoms with Crippen LogP contribution in [0, 0.1) is 0 Å². The molecule has 92 valence electrons. The maximum atomic E-state index is 12.4. The highest BCUT2D eigenvalue weighted by Crippen LogP contribution is 2.34. The van der Waals surface area contributed by atoms with Crippen LogP contribution < -0.4 is 10.6 Å². The van der Waals surface area contributed by atoms with Crippen LogP contribution in [0.1, 0.15) is 18.4 Å². The monoisotopic (exact) mass is 260 g/mol. The van der Waals surface area contributed by atoms with E-state index in [-0.39, 0.29) is 11.2 Å².